The van der Waals surface area contributed by atoms with Crippen LogP contribution in [-0.4, -0.2) is 12.1 Å². The van der Waals surface area contributed by atoms with Crippen LogP contribution in [-0.2, 0) is 9.53 Å². The van der Waals surface area contributed by atoms with Crippen LogP contribution in [0.3, 0.4) is 0 Å². The van der Waals surface area contributed by atoms with E-state index >= 15 is 0 Å². The Bertz CT molecular complexity index is 401. The second-order valence-corrected chi connectivity index (χ2v) is 9.50. The molecule has 0 saturated carbocycles. The summed E-state index contributed by atoms with van der Waals surface area (Å²) in [4.78, 5) is 12.3. The molecule has 0 fully saturated rings. The van der Waals surface area contributed by atoms with Crippen LogP contribution in [0.25, 0.3) is 0 Å². The quantitative estimate of drug-likeness (QED) is 0.189. The van der Waals surface area contributed by atoms with Gasteiger partial charge >= 0.3 is 5.97 Å². The molecule has 0 saturated heterocycles. The topological polar surface area (TPSA) is 26.3 Å². The molecule has 0 aliphatic heterocycles. The first-order valence-corrected chi connectivity index (χ1v) is 13.7. The molecule has 1 aliphatic carbocycles. The van der Waals surface area contributed by atoms with Gasteiger partial charge in [0.2, 0.25) is 0 Å². The highest BCUT2D eigenvalue weighted by Crippen LogP contribution is 2.18. The lowest BCUT2D eigenvalue weighted by Crippen LogP contribution is -2.18. The molecule has 2 heteroatoms. The molecule has 1 rings (SSSR count). The lowest BCUT2D eigenvalue weighted by molar-refractivity contribution is -0.150. The molecule has 30 heavy (non-hydrogen) atoms. The molecule has 0 amide bonds. The Morgan fingerprint density at radius 1 is 0.667 bits per heavy atom. The number of carbonyl (C=O) groups is 1. The highest BCUT2D eigenvalue weighted by molar-refractivity contribution is 5.69. The van der Waals surface area contributed by atoms with Gasteiger partial charge in [-0.2, -0.15) is 0 Å². The molecule has 0 spiro atoms. The summed E-state index contributed by atoms with van der Waals surface area (Å²) in [5.74, 6) is 0.0579. The Morgan fingerprint density at radius 2 is 1.13 bits per heavy atom. The van der Waals surface area contributed by atoms with Crippen molar-refractivity contribution < 1.29 is 9.53 Å². The highest BCUT2D eigenvalue weighted by atomic mass is 16.5. The number of carbonyl (C=O) groups excluding carboxylic acids is 1. The second kappa shape index (κ2) is 21.4. The SMILES string of the molecule is CCCCCCCCCCCC(=O)OC1CCCCCC/C=C/CCCCCCC1. The third kappa shape index (κ3) is 18.0. The molecule has 0 aromatic carbocycles. The van der Waals surface area contributed by atoms with E-state index in [1.807, 2.05) is 0 Å². The van der Waals surface area contributed by atoms with Crippen LogP contribution in [0.15, 0.2) is 12.2 Å². The van der Waals surface area contributed by atoms with Gasteiger partial charge in [-0.1, -0.05) is 103 Å². The Kier molecular flexibility index (Phi) is 19.5. The zero-order valence-electron chi connectivity index (χ0n) is 20.3. The molecule has 1 aliphatic rings. The predicted molar refractivity (Wildman–Crippen MR) is 131 cm³/mol. The Morgan fingerprint density at radius 3 is 1.70 bits per heavy atom. The van der Waals surface area contributed by atoms with Crippen molar-refractivity contribution >= 4 is 5.97 Å². The summed E-state index contributed by atoms with van der Waals surface area (Å²) in [6.07, 6.45) is 33.4. The normalized spacial score (nSPS) is 21.2. The van der Waals surface area contributed by atoms with Crippen LogP contribution < -0.4 is 0 Å². The lowest BCUT2D eigenvalue weighted by Gasteiger charge is -2.18. The van der Waals surface area contributed by atoms with Crippen molar-refractivity contribution in [3.63, 3.8) is 0 Å². The van der Waals surface area contributed by atoms with E-state index in [1.54, 1.807) is 0 Å². The first kappa shape index (κ1) is 27.2. The van der Waals surface area contributed by atoms with Crippen LogP contribution in [0.5, 0.6) is 0 Å². The van der Waals surface area contributed by atoms with Gasteiger partial charge in [-0.05, 0) is 57.8 Å². The molecule has 176 valence electrons. The van der Waals surface area contributed by atoms with E-state index in [0.29, 0.717) is 6.42 Å². The molecular formula is C28H52O2. The van der Waals surface area contributed by atoms with Crippen molar-refractivity contribution in [1.82, 2.24) is 0 Å². The van der Waals surface area contributed by atoms with Crippen molar-refractivity contribution in [2.75, 3.05) is 0 Å². The second-order valence-electron chi connectivity index (χ2n) is 9.50. The predicted octanol–water partition coefficient (Wildman–Crippen LogP) is 9.46. The molecule has 0 heterocycles. The fourth-order valence-corrected chi connectivity index (χ4v) is 4.47. The van der Waals surface area contributed by atoms with Crippen molar-refractivity contribution in [3.05, 3.63) is 12.2 Å². The van der Waals surface area contributed by atoms with Gasteiger partial charge in [-0.15, -0.1) is 0 Å². The third-order valence-electron chi connectivity index (χ3n) is 6.49. The summed E-state index contributed by atoms with van der Waals surface area (Å²) in [5, 5.41) is 0. The maximum atomic E-state index is 12.3. The number of ether oxygens (including phenoxy) is 1. The number of esters is 1. The van der Waals surface area contributed by atoms with Crippen molar-refractivity contribution in [2.24, 2.45) is 0 Å². The van der Waals surface area contributed by atoms with Crippen LogP contribution in [0.4, 0.5) is 0 Å². The van der Waals surface area contributed by atoms with E-state index in [4.69, 9.17) is 4.74 Å². The number of allylic oxidation sites excluding steroid dienone is 2. The summed E-state index contributed by atoms with van der Waals surface area (Å²) in [6.45, 7) is 2.27. The molecule has 1 atom stereocenters. The first-order chi connectivity index (χ1) is 14.8. The first-order valence-electron chi connectivity index (χ1n) is 13.7. The van der Waals surface area contributed by atoms with E-state index in [2.05, 4.69) is 19.1 Å². The van der Waals surface area contributed by atoms with E-state index in [0.717, 1.165) is 19.3 Å². The molecule has 0 N–H and O–H groups in total. The Balaban J connectivity index is 2.16. The number of unbranched alkanes of at least 4 members (excludes halogenated alkanes) is 8. The maximum absolute atomic E-state index is 12.3. The number of hydrogen-bond acceptors (Lipinski definition) is 2. The fraction of sp³-hybridized carbons (Fsp3) is 0.893. The zero-order valence-corrected chi connectivity index (χ0v) is 20.3. The number of rotatable bonds is 11. The summed E-state index contributed by atoms with van der Waals surface area (Å²) in [7, 11) is 0. The largest absolute Gasteiger partial charge is 0.462 e. The highest BCUT2D eigenvalue weighted by Gasteiger charge is 2.14. The molecule has 0 aromatic rings. The maximum Gasteiger partial charge on any atom is 0.306 e. The van der Waals surface area contributed by atoms with Gasteiger partial charge < -0.3 is 4.74 Å². The van der Waals surface area contributed by atoms with Crippen LogP contribution >= 0.6 is 0 Å². The molecule has 0 radical (unpaired) electrons. The van der Waals surface area contributed by atoms with Crippen molar-refractivity contribution in [3.8, 4) is 0 Å². The minimum atomic E-state index is 0.0579. The van der Waals surface area contributed by atoms with E-state index in [1.165, 1.54) is 122 Å². The summed E-state index contributed by atoms with van der Waals surface area (Å²) in [6, 6.07) is 0. The van der Waals surface area contributed by atoms with Gasteiger partial charge in [0.15, 0.2) is 0 Å². The van der Waals surface area contributed by atoms with E-state index in [-0.39, 0.29) is 12.1 Å². The monoisotopic (exact) mass is 420 g/mol. The smallest absolute Gasteiger partial charge is 0.306 e. The number of hydrogen-bond donors (Lipinski definition) is 0. The van der Waals surface area contributed by atoms with Gasteiger partial charge in [0, 0.05) is 6.42 Å². The van der Waals surface area contributed by atoms with Gasteiger partial charge in [0.05, 0.1) is 0 Å². The summed E-state index contributed by atoms with van der Waals surface area (Å²) < 4.78 is 5.92. The third-order valence-corrected chi connectivity index (χ3v) is 6.49. The van der Waals surface area contributed by atoms with Gasteiger partial charge in [0.25, 0.3) is 0 Å². The summed E-state index contributed by atoms with van der Waals surface area (Å²) >= 11 is 0. The average Bonchev–Trinajstić information content (AvgIpc) is 2.74. The van der Waals surface area contributed by atoms with Crippen LogP contribution in [0.2, 0.25) is 0 Å². The summed E-state index contributed by atoms with van der Waals surface area (Å²) in [5.41, 5.74) is 0. The van der Waals surface area contributed by atoms with Crippen molar-refractivity contribution in [1.29, 1.82) is 0 Å². The Labute approximate surface area is 188 Å². The van der Waals surface area contributed by atoms with Gasteiger partial charge in [-0.25, -0.2) is 0 Å². The molecule has 0 bridgehead atoms. The Hall–Kier alpha value is -0.790. The molecule has 0 aromatic heterocycles. The fourth-order valence-electron chi connectivity index (χ4n) is 4.47. The van der Waals surface area contributed by atoms with E-state index < -0.39 is 0 Å². The van der Waals surface area contributed by atoms with Crippen LogP contribution in [0.1, 0.15) is 155 Å². The van der Waals surface area contributed by atoms with Gasteiger partial charge in [-0.3, -0.25) is 4.79 Å². The lowest BCUT2D eigenvalue weighted by atomic mass is 10.0. The standard InChI is InChI=1S/C28H52O2/c1-2-3-4-5-6-12-17-20-23-26-28(29)30-27-24-21-18-15-13-10-8-7-9-11-14-16-19-22-25-27/h7-8,27H,2-6,9-26H2,1H3/b8-7+. The molecular weight excluding hydrogens is 368 g/mol. The minimum absolute atomic E-state index is 0.0579. The minimum Gasteiger partial charge on any atom is -0.462 e. The molecule has 2 nitrogen and oxygen atoms in total. The van der Waals surface area contributed by atoms with Crippen molar-refractivity contribution in [2.45, 2.75) is 161 Å². The van der Waals surface area contributed by atoms with Crippen LogP contribution in [0, 0.1) is 0 Å². The van der Waals surface area contributed by atoms with E-state index in [9.17, 15) is 4.79 Å². The average molecular weight is 421 g/mol. The zero-order chi connectivity index (χ0) is 21.5. The van der Waals surface area contributed by atoms with Gasteiger partial charge in [0.1, 0.15) is 6.10 Å². The molecule has 1 unspecified atom stereocenters.